The number of nitrogens with zero attached hydrogens (tertiary/aromatic N) is 5. The number of carbonyl (C=O) groups is 5. The van der Waals surface area contributed by atoms with Crippen molar-refractivity contribution >= 4 is 45.7 Å². The van der Waals surface area contributed by atoms with Crippen LogP contribution in [0.4, 0.5) is 0 Å². The van der Waals surface area contributed by atoms with E-state index in [9.17, 15) is 24.0 Å². The molecule has 3 aromatic heterocycles. The minimum absolute atomic E-state index is 0.0479. The molecule has 2 aliphatic heterocycles. The molecule has 2 saturated heterocycles. The molecule has 55 heavy (non-hydrogen) atoms. The smallest absolute Gasteiger partial charge is 0.250 e. The Balaban J connectivity index is 1.00. The maximum Gasteiger partial charge on any atom is 0.250 e. The second-order valence-corrected chi connectivity index (χ2v) is 15.8. The third-order valence-corrected chi connectivity index (χ3v) is 11.5. The number of imidazole rings is 2. The lowest BCUT2D eigenvalue weighted by atomic mass is 10.0. The minimum Gasteiger partial charge on any atom is -0.344 e. The Bertz CT molecular complexity index is 2180. The molecule has 2 fully saturated rings. The molecule has 2 aliphatic rings. The van der Waals surface area contributed by atoms with Gasteiger partial charge in [-0.25, -0.2) is 9.97 Å². The summed E-state index contributed by atoms with van der Waals surface area (Å²) in [5.41, 5.74) is 4.22. The molecular formula is C41H46N8O5S. The van der Waals surface area contributed by atoms with E-state index in [1.165, 1.54) is 25.2 Å². The molecule has 0 aliphatic carbocycles. The van der Waals surface area contributed by atoms with E-state index in [4.69, 9.17) is 4.98 Å². The van der Waals surface area contributed by atoms with Gasteiger partial charge in [0.2, 0.25) is 23.6 Å². The number of benzene rings is 2. The van der Waals surface area contributed by atoms with Crippen LogP contribution in [0.1, 0.15) is 82.5 Å². The molecule has 286 valence electrons. The van der Waals surface area contributed by atoms with Crippen molar-refractivity contribution in [1.29, 1.82) is 0 Å². The summed E-state index contributed by atoms with van der Waals surface area (Å²) in [5.74, 6) is -0.327. The Morgan fingerprint density at radius 3 is 2.24 bits per heavy atom. The fourth-order valence-corrected chi connectivity index (χ4v) is 8.71. The number of Topliss-reactive ketones (excluding diaryl/α,β-unsaturated/α-hetero) is 1. The maximum absolute atomic E-state index is 13.8. The number of hydrogen-bond acceptors (Lipinski definition) is 8. The van der Waals surface area contributed by atoms with Gasteiger partial charge in [0.15, 0.2) is 10.7 Å². The molecular weight excluding hydrogens is 717 g/mol. The van der Waals surface area contributed by atoms with Gasteiger partial charge in [-0.3, -0.25) is 28.4 Å². The van der Waals surface area contributed by atoms with E-state index in [1.807, 2.05) is 90.1 Å². The number of carbonyl (C=O) groups excluding carboxylic acids is 5. The number of nitrogens with one attached hydrogen (secondary N) is 3. The first-order valence-corrected chi connectivity index (χ1v) is 19.6. The van der Waals surface area contributed by atoms with Gasteiger partial charge in [0.25, 0.3) is 0 Å². The molecule has 5 aromatic rings. The summed E-state index contributed by atoms with van der Waals surface area (Å²) in [6.45, 7) is 7.67. The van der Waals surface area contributed by atoms with Gasteiger partial charge in [-0.2, -0.15) is 0 Å². The minimum atomic E-state index is -0.768. The second kappa shape index (κ2) is 16.0. The van der Waals surface area contributed by atoms with Crippen molar-refractivity contribution in [3.05, 3.63) is 90.3 Å². The van der Waals surface area contributed by atoms with E-state index in [0.717, 1.165) is 51.5 Å². The van der Waals surface area contributed by atoms with Gasteiger partial charge in [0, 0.05) is 39.3 Å². The Hall–Kier alpha value is -5.63. The van der Waals surface area contributed by atoms with Crippen LogP contribution in [0.2, 0.25) is 0 Å². The second-order valence-electron chi connectivity index (χ2n) is 14.8. The van der Waals surface area contributed by atoms with Crippen molar-refractivity contribution < 1.29 is 24.0 Å². The van der Waals surface area contributed by atoms with Crippen molar-refractivity contribution in [2.45, 2.75) is 84.0 Å². The van der Waals surface area contributed by atoms with Gasteiger partial charge in [0.05, 0.1) is 41.0 Å². The summed E-state index contributed by atoms with van der Waals surface area (Å²) in [7, 11) is 0. The first-order valence-electron chi connectivity index (χ1n) is 18.8. The zero-order valence-electron chi connectivity index (χ0n) is 31.5. The quantitative estimate of drug-likeness (QED) is 0.156. The molecule has 4 amide bonds. The molecule has 0 bridgehead atoms. The number of rotatable bonds is 12. The first-order chi connectivity index (χ1) is 26.5. The Morgan fingerprint density at radius 2 is 1.55 bits per heavy atom. The summed E-state index contributed by atoms with van der Waals surface area (Å²) >= 11 is 1.53. The average Bonchev–Trinajstić information content (AvgIpc) is 4.01. The number of ketones is 1. The number of likely N-dealkylation sites (tertiary alicyclic amines) is 2. The van der Waals surface area contributed by atoms with Crippen molar-refractivity contribution in [2.75, 3.05) is 13.1 Å². The Kier molecular flexibility index (Phi) is 11.0. The van der Waals surface area contributed by atoms with E-state index in [-0.39, 0.29) is 47.8 Å². The lowest BCUT2D eigenvalue weighted by Crippen LogP contribution is -2.53. The fraction of sp³-hybridized carbons (Fsp3) is 0.390. The lowest BCUT2D eigenvalue weighted by molar-refractivity contribution is -0.141. The first kappa shape index (κ1) is 37.7. The van der Waals surface area contributed by atoms with Crippen LogP contribution >= 0.6 is 11.3 Å². The van der Waals surface area contributed by atoms with Gasteiger partial charge in [-0.05, 0) is 48.3 Å². The van der Waals surface area contributed by atoms with E-state index in [2.05, 4.69) is 20.6 Å². The van der Waals surface area contributed by atoms with Crippen molar-refractivity contribution in [2.24, 2.45) is 5.92 Å². The van der Waals surface area contributed by atoms with E-state index < -0.39 is 18.1 Å². The summed E-state index contributed by atoms with van der Waals surface area (Å²) < 4.78 is 1.93. The van der Waals surface area contributed by atoms with E-state index in [1.54, 1.807) is 11.1 Å². The predicted molar refractivity (Wildman–Crippen MR) is 209 cm³/mol. The number of hydrogen-bond donors (Lipinski definition) is 3. The largest absolute Gasteiger partial charge is 0.344 e. The summed E-state index contributed by atoms with van der Waals surface area (Å²) in [4.78, 5) is 82.5. The highest BCUT2D eigenvalue weighted by atomic mass is 32.1. The van der Waals surface area contributed by atoms with Crippen molar-refractivity contribution in [3.63, 3.8) is 0 Å². The van der Waals surface area contributed by atoms with Crippen LogP contribution in [0.3, 0.4) is 0 Å². The highest BCUT2D eigenvalue weighted by Gasteiger charge is 2.39. The molecule has 0 spiro atoms. The maximum atomic E-state index is 13.8. The van der Waals surface area contributed by atoms with Crippen LogP contribution < -0.4 is 10.6 Å². The Labute approximate surface area is 323 Å². The summed E-state index contributed by atoms with van der Waals surface area (Å²) in [6, 6.07) is 15.3. The van der Waals surface area contributed by atoms with E-state index >= 15 is 0 Å². The van der Waals surface area contributed by atoms with Gasteiger partial charge < -0.3 is 25.4 Å². The molecule has 3 N–H and O–H groups in total. The average molecular weight is 763 g/mol. The van der Waals surface area contributed by atoms with Crippen LogP contribution in [0, 0.1) is 5.92 Å². The molecule has 5 heterocycles. The summed E-state index contributed by atoms with van der Waals surface area (Å²) in [5, 5.41) is 5.59. The molecule has 2 aromatic carbocycles. The SMILES string of the molecule is CC(=O)N[C@H](C(=O)N1CCC[C@H]1C(=O)Cc1cn2cc(-c3ccc(-c4cnc([C@@H]5CCCN5C(=O)[C@H](NC(C)=O)c5ccccc5)[nH]4)cc3)sc2n1)C(C)C. The van der Waals surface area contributed by atoms with Crippen LogP contribution in [0.15, 0.2) is 73.2 Å². The normalized spacial score (nSPS) is 18.1. The predicted octanol–water partition coefficient (Wildman–Crippen LogP) is 5.26. The standard InChI is InChI=1S/C41H46N8O5S/c1-24(2)36(43-25(3)50)39(53)48-18-8-12-32(48)34(52)20-30-22-47-23-35(55-41(47)45-30)28-16-14-27(15-17-28)31-21-42-38(46-31)33-13-9-19-49(33)40(54)37(44-26(4)51)29-10-6-5-7-11-29/h5-7,10-11,14-17,21-24,32-33,36-37H,8-9,12-13,18-20H2,1-4H3,(H,42,46)(H,43,50)(H,44,51)/t32-,33-,36-,37+/m0/s1. The van der Waals surface area contributed by atoms with Crippen molar-refractivity contribution in [1.82, 2.24) is 39.8 Å². The van der Waals surface area contributed by atoms with Gasteiger partial charge in [-0.1, -0.05) is 79.8 Å². The highest BCUT2D eigenvalue weighted by Crippen LogP contribution is 2.35. The number of aromatic amines is 1. The molecule has 13 nitrogen and oxygen atoms in total. The lowest BCUT2D eigenvalue weighted by Gasteiger charge is -2.30. The van der Waals surface area contributed by atoms with Crippen LogP contribution in [-0.4, -0.2) is 83.7 Å². The van der Waals surface area contributed by atoms with Crippen LogP contribution in [0.25, 0.3) is 26.7 Å². The summed E-state index contributed by atoms with van der Waals surface area (Å²) in [6.07, 6.45) is 8.75. The number of fused-ring (bicyclic) bond motifs is 1. The number of aromatic nitrogens is 4. The monoisotopic (exact) mass is 762 g/mol. The van der Waals surface area contributed by atoms with Gasteiger partial charge in [0.1, 0.15) is 17.9 Å². The zero-order chi connectivity index (χ0) is 38.8. The Morgan fingerprint density at radius 1 is 0.855 bits per heavy atom. The van der Waals surface area contributed by atoms with Crippen molar-refractivity contribution in [3.8, 4) is 21.7 Å². The third-order valence-electron chi connectivity index (χ3n) is 10.4. The number of H-pyrrole nitrogens is 1. The molecule has 14 heteroatoms. The fourth-order valence-electron chi connectivity index (χ4n) is 7.72. The molecule has 4 atom stereocenters. The molecule has 0 unspecified atom stereocenters. The van der Waals surface area contributed by atoms with Gasteiger partial charge in [-0.15, -0.1) is 0 Å². The highest BCUT2D eigenvalue weighted by molar-refractivity contribution is 7.20. The zero-order valence-corrected chi connectivity index (χ0v) is 32.3. The number of thiazole rings is 1. The number of amides is 4. The molecule has 0 radical (unpaired) electrons. The third kappa shape index (κ3) is 8.09. The molecule has 7 rings (SSSR count). The van der Waals surface area contributed by atoms with E-state index in [0.29, 0.717) is 31.0 Å². The molecule has 0 saturated carbocycles. The van der Waals surface area contributed by atoms with Gasteiger partial charge >= 0.3 is 0 Å². The van der Waals surface area contributed by atoms with Crippen LogP contribution in [-0.2, 0) is 30.4 Å². The van der Waals surface area contributed by atoms with Crippen LogP contribution in [0.5, 0.6) is 0 Å². The topological polar surface area (TPSA) is 162 Å².